The molecule has 0 amide bonds. The molecule has 1 aliphatic rings. The van der Waals surface area contributed by atoms with E-state index in [0.29, 0.717) is 13.0 Å². The quantitative estimate of drug-likeness (QED) is 0.190. The molecule has 0 aliphatic carbocycles. The lowest BCUT2D eigenvalue weighted by Gasteiger charge is -2.33. The van der Waals surface area contributed by atoms with Gasteiger partial charge < -0.3 is 24.4 Å². The maximum Gasteiger partial charge on any atom is 0.107 e. The summed E-state index contributed by atoms with van der Waals surface area (Å²) in [6.07, 6.45) is 21.7. The number of hydrogen-bond donors (Lipinski definition) is 2. The SMILES string of the molecule is CCCCCCCCCCCCCCCCOC[C@H](CC[C@H]1CC[C@H](O)[C@@H](CO)O1)OC. The first kappa shape index (κ1) is 29.8. The Balaban J connectivity index is 1.86. The van der Waals surface area contributed by atoms with Gasteiger partial charge in [0, 0.05) is 13.7 Å². The van der Waals surface area contributed by atoms with Crippen LogP contribution in [0.2, 0.25) is 0 Å². The molecule has 1 rings (SSSR count). The number of methoxy groups -OCH3 is 1. The molecule has 5 heteroatoms. The molecule has 0 aromatic carbocycles. The highest BCUT2D eigenvalue weighted by Crippen LogP contribution is 2.23. The molecule has 0 radical (unpaired) electrons. The van der Waals surface area contributed by atoms with Crippen LogP contribution in [0.25, 0.3) is 0 Å². The first-order valence-electron chi connectivity index (χ1n) is 13.8. The third-order valence-corrected chi connectivity index (χ3v) is 6.85. The van der Waals surface area contributed by atoms with Gasteiger partial charge in [0.1, 0.15) is 6.10 Å². The van der Waals surface area contributed by atoms with Crippen molar-refractivity contribution < 1.29 is 24.4 Å². The molecule has 0 saturated carbocycles. The first-order chi connectivity index (χ1) is 15.7. The summed E-state index contributed by atoms with van der Waals surface area (Å²) >= 11 is 0. The zero-order valence-electron chi connectivity index (χ0n) is 21.3. The van der Waals surface area contributed by atoms with Crippen molar-refractivity contribution in [2.24, 2.45) is 0 Å². The second kappa shape index (κ2) is 21.3. The Labute approximate surface area is 198 Å². The van der Waals surface area contributed by atoms with Crippen molar-refractivity contribution in [2.45, 2.75) is 147 Å². The Hall–Kier alpha value is -0.200. The summed E-state index contributed by atoms with van der Waals surface area (Å²) in [4.78, 5) is 0. The molecule has 1 heterocycles. The third kappa shape index (κ3) is 15.6. The summed E-state index contributed by atoms with van der Waals surface area (Å²) < 4.78 is 17.2. The van der Waals surface area contributed by atoms with Crippen LogP contribution in [0.15, 0.2) is 0 Å². The molecule has 1 fully saturated rings. The average molecular weight is 459 g/mol. The predicted octanol–water partition coefficient (Wildman–Crippen LogP) is 6.18. The van der Waals surface area contributed by atoms with Crippen LogP contribution in [0.3, 0.4) is 0 Å². The minimum absolute atomic E-state index is 0.0877. The minimum atomic E-state index is -0.539. The summed E-state index contributed by atoms with van der Waals surface area (Å²) in [6, 6.07) is 0. The molecule has 0 aromatic rings. The van der Waals surface area contributed by atoms with Gasteiger partial charge in [-0.2, -0.15) is 0 Å². The molecule has 0 unspecified atom stereocenters. The van der Waals surface area contributed by atoms with Gasteiger partial charge >= 0.3 is 0 Å². The van der Waals surface area contributed by atoms with Gasteiger partial charge in [-0.15, -0.1) is 0 Å². The topological polar surface area (TPSA) is 68.2 Å². The van der Waals surface area contributed by atoms with E-state index in [4.69, 9.17) is 14.2 Å². The van der Waals surface area contributed by atoms with Crippen LogP contribution >= 0.6 is 0 Å². The van der Waals surface area contributed by atoms with Gasteiger partial charge in [0.05, 0.1) is 31.5 Å². The van der Waals surface area contributed by atoms with Gasteiger partial charge in [0.15, 0.2) is 0 Å². The van der Waals surface area contributed by atoms with Crippen molar-refractivity contribution in [3.8, 4) is 0 Å². The molecular formula is C27H54O5. The lowest BCUT2D eigenvalue weighted by Crippen LogP contribution is -2.41. The Bertz CT molecular complexity index is 392. The number of unbranched alkanes of at least 4 members (excludes halogenated alkanes) is 13. The van der Waals surface area contributed by atoms with Crippen LogP contribution in [0.5, 0.6) is 0 Å². The lowest BCUT2D eigenvalue weighted by atomic mass is 9.97. The van der Waals surface area contributed by atoms with Crippen molar-refractivity contribution in [1.82, 2.24) is 0 Å². The van der Waals surface area contributed by atoms with E-state index in [1.54, 1.807) is 7.11 Å². The molecule has 1 saturated heterocycles. The summed E-state index contributed by atoms with van der Waals surface area (Å²) in [6.45, 7) is 3.61. The molecule has 2 N–H and O–H groups in total. The predicted molar refractivity (Wildman–Crippen MR) is 132 cm³/mol. The zero-order valence-corrected chi connectivity index (χ0v) is 21.3. The lowest BCUT2D eigenvalue weighted by molar-refractivity contribution is -0.138. The molecule has 192 valence electrons. The monoisotopic (exact) mass is 458 g/mol. The van der Waals surface area contributed by atoms with Crippen molar-refractivity contribution in [1.29, 1.82) is 0 Å². The number of ether oxygens (including phenoxy) is 3. The maximum absolute atomic E-state index is 9.79. The van der Waals surface area contributed by atoms with Crippen LogP contribution in [-0.4, -0.2) is 61.6 Å². The van der Waals surface area contributed by atoms with E-state index < -0.39 is 12.2 Å². The smallest absolute Gasteiger partial charge is 0.107 e. The van der Waals surface area contributed by atoms with Gasteiger partial charge in [-0.25, -0.2) is 0 Å². The van der Waals surface area contributed by atoms with Crippen molar-refractivity contribution in [3.05, 3.63) is 0 Å². The van der Waals surface area contributed by atoms with Crippen LogP contribution in [0.4, 0.5) is 0 Å². The highest BCUT2D eigenvalue weighted by Gasteiger charge is 2.29. The van der Waals surface area contributed by atoms with Crippen LogP contribution in [0, 0.1) is 0 Å². The summed E-state index contributed by atoms with van der Waals surface area (Å²) in [5.74, 6) is 0. The number of hydrogen-bond acceptors (Lipinski definition) is 5. The maximum atomic E-state index is 9.79. The van der Waals surface area contributed by atoms with Gasteiger partial charge in [-0.05, 0) is 32.1 Å². The summed E-state index contributed by atoms with van der Waals surface area (Å²) in [5.41, 5.74) is 0. The number of aliphatic hydroxyl groups is 2. The van der Waals surface area contributed by atoms with Gasteiger partial charge in [0.25, 0.3) is 0 Å². The first-order valence-corrected chi connectivity index (χ1v) is 13.8. The van der Waals surface area contributed by atoms with Gasteiger partial charge in [-0.3, -0.25) is 0 Å². The zero-order chi connectivity index (χ0) is 23.3. The van der Waals surface area contributed by atoms with Crippen LogP contribution in [0.1, 0.15) is 122 Å². The second-order valence-electron chi connectivity index (χ2n) is 9.73. The van der Waals surface area contributed by atoms with E-state index in [0.717, 1.165) is 32.3 Å². The molecule has 1 aliphatic heterocycles. The Kier molecular flexibility index (Phi) is 19.9. The fourth-order valence-electron chi connectivity index (χ4n) is 4.58. The van der Waals surface area contributed by atoms with E-state index in [2.05, 4.69) is 6.92 Å². The van der Waals surface area contributed by atoms with E-state index in [-0.39, 0.29) is 18.8 Å². The van der Waals surface area contributed by atoms with E-state index in [9.17, 15) is 10.2 Å². The number of aliphatic hydroxyl groups excluding tert-OH is 2. The summed E-state index contributed by atoms with van der Waals surface area (Å²) in [7, 11) is 1.74. The van der Waals surface area contributed by atoms with Crippen LogP contribution in [-0.2, 0) is 14.2 Å². The van der Waals surface area contributed by atoms with Crippen molar-refractivity contribution in [2.75, 3.05) is 26.9 Å². The largest absolute Gasteiger partial charge is 0.394 e. The molecule has 4 atom stereocenters. The second-order valence-corrected chi connectivity index (χ2v) is 9.73. The molecule has 5 nitrogen and oxygen atoms in total. The van der Waals surface area contributed by atoms with E-state index in [1.165, 1.54) is 83.5 Å². The Morgan fingerprint density at radius 1 is 0.844 bits per heavy atom. The van der Waals surface area contributed by atoms with E-state index >= 15 is 0 Å². The Morgan fingerprint density at radius 2 is 1.41 bits per heavy atom. The van der Waals surface area contributed by atoms with Crippen molar-refractivity contribution >= 4 is 0 Å². The minimum Gasteiger partial charge on any atom is -0.394 e. The van der Waals surface area contributed by atoms with Gasteiger partial charge in [-0.1, -0.05) is 90.4 Å². The molecule has 0 spiro atoms. The molecular weight excluding hydrogens is 404 g/mol. The highest BCUT2D eigenvalue weighted by molar-refractivity contribution is 4.78. The fourth-order valence-corrected chi connectivity index (χ4v) is 4.58. The van der Waals surface area contributed by atoms with E-state index in [1.807, 2.05) is 0 Å². The van der Waals surface area contributed by atoms with Crippen molar-refractivity contribution in [3.63, 3.8) is 0 Å². The fraction of sp³-hybridized carbons (Fsp3) is 1.00. The van der Waals surface area contributed by atoms with Gasteiger partial charge in [0.2, 0.25) is 0 Å². The average Bonchev–Trinajstić information content (AvgIpc) is 2.81. The molecule has 0 aromatic heterocycles. The molecule has 32 heavy (non-hydrogen) atoms. The normalized spacial score (nSPS) is 22.3. The van der Waals surface area contributed by atoms with Crippen LogP contribution < -0.4 is 0 Å². The molecule has 0 bridgehead atoms. The highest BCUT2D eigenvalue weighted by atomic mass is 16.5. The third-order valence-electron chi connectivity index (χ3n) is 6.85. The number of rotatable bonds is 22. The standard InChI is InChI=1S/C27H54O5/c1-3-4-5-6-7-8-9-10-11-12-13-14-15-16-21-31-23-25(30-2)18-17-24-19-20-26(29)27(22-28)32-24/h24-29H,3-23H2,1-2H3/t24-,25-,26-,27+/m0/s1. The Morgan fingerprint density at radius 3 is 1.94 bits per heavy atom. The summed E-state index contributed by atoms with van der Waals surface area (Å²) in [5, 5.41) is 19.1.